The van der Waals surface area contributed by atoms with Gasteiger partial charge in [-0.15, -0.1) is 0 Å². The van der Waals surface area contributed by atoms with E-state index in [0.717, 1.165) is 45.9 Å². The zero-order valence-electron chi connectivity index (χ0n) is 19.9. The molecule has 0 aliphatic rings. The Kier molecular flexibility index (Phi) is 6.82. The SMILES string of the molecule is CCC(C)c1ccccc1OCCCOc1ccc(C=c2sc3nc4ccccc4n3c2=O)cc1. The first-order chi connectivity index (χ1) is 17.1. The topological polar surface area (TPSA) is 52.8 Å². The molecular weight excluding hydrogens is 456 g/mol. The smallest absolute Gasteiger partial charge is 0.274 e. The van der Waals surface area contributed by atoms with Crippen LogP contribution in [-0.4, -0.2) is 22.6 Å². The summed E-state index contributed by atoms with van der Waals surface area (Å²) in [6.45, 7) is 5.61. The van der Waals surface area contributed by atoms with Gasteiger partial charge >= 0.3 is 0 Å². The largest absolute Gasteiger partial charge is 0.493 e. The highest BCUT2D eigenvalue weighted by Crippen LogP contribution is 2.28. The van der Waals surface area contributed by atoms with Gasteiger partial charge in [-0.3, -0.25) is 4.79 Å². The molecule has 3 aromatic carbocycles. The second-order valence-electron chi connectivity index (χ2n) is 8.60. The van der Waals surface area contributed by atoms with Crippen molar-refractivity contribution in [1.29, 1.82) is 0 Å². The molecule has 6 heteroatoms. The first-order valence-corrected chi connectivity index (χ1v) is 12.8. The van der Waals surface area contributed by atoms with E-state index in [0.29, 0.717) is 23.7 Å². The normalized spacial score (nSPS) is 12.9. The van der Waals surface area contributed by atoms with Crippen molar-refractivity contribution in [3.63, 3.8) is 0 Å². The van der Waals surface area contributed by atoms with Crippen LogP contribution in [0.5, 0.6) is 11.5 Å². The fraction of sp³-hybridized carbons (Fsp3) is 0.241. The second-order valence-corrected chi connectivity index (χ2v) is 9.61. The summed E-state index contributed by atoms with van der Waals surface area (Å²) in [5.41, 5.74) is 3.87. The number of aromatic nitrogens is 2. The van der Waals surface area contributed by atoms with E-state index >= 15 is 0 Å². The van der Waals surface area contributed by atoms with Gasteiger partial charge in [-0.05, 0) is 59.9 Å². The summed E-state index contributed by atoms with van der Waals surface area (Å²) >= 11 is 1.41. The number of thiazole rings is 1. The van der Waals surface area contributed by atoms with E-state index in [9.17, 15) is 4.79 Å². The average molecular weight is 485 g/mol. The molecule has 0 aliphatic carbocycles. The first kappa shape index (κ1) is 23.1. The number of rotatable bonds is 9. The molecule has 0 amide bonds. The molecule has 5 rings (SSSR count). The molecule has 0 saturated heterocycles. The van der Waals surface area contributed by atoms with Gasteiger partial charge in [0.2, 0.25) is 0 Å². The maximum atomic E-state index is 12.9. The summed E-state index contributed by atoms with van der Waals surface area (Å²) < 4.78 is 14.3. The molecule has 0 aliphatic heterocycles. The van der Waals surface area contributed by atoms with Crippen molar-refractivity contribution in [1.82, 2.24) is 9.38 Å². The van der Waals surface area contributed by atoms with E-state index in [1.165, 1.54) is 16.9 Å². The molecule has 0 spiro atoms. The van der Waals surface area contributed by atoms with Crippen LogP contribution in [0, 0.1) is 0 Å². The number of para-hydroxylation sites is 3. The Labute approximate surface area is 208 Å². The van der Waals surface area contributed by atoms with E-state index in [1.54, 1.807) is 4.40 Å². The number of fused-ring (bicyclic) bond motifs is 3. The van der Waals surface area contributed by atoms with Gasteiger partial charge in [0.25, 0.3) is 5.56 Å². The van der Waals surface area contributed by atoms with E-state index in [1.807, 2.05) is 66.7 Å². The number of nitrogens with zero attached hydrogens (tertiary/aromatic N) is 2. The minimum absolute atomic E-state index is 0.0334. The summed E-state index contributed by atoms with van der Waals surface area (Å²) in [5.74, 6) is 2.25. The summed E-state index contributed by atoms with van der Waals surface area (Å²) in [6, 6.07) is 23.8. The number of hydrogen-bond donors (Lipinski definition) is 0. The van der Waals surface area contributed by atoms with Crippen molar-refractivity contribution in [3.8, 4) is 11.5 Å². The zero-order chi connectivity index (χ0) is 24.2. The van der Waals surface area contributed by atoms with Gasteiger partial charge < -0.3 is 9.47 Å². The van der Waals surface area contributed by atoms with Crippen LogP contribution in [0.25, 0.3) is 22.1 Å². The van der Waals surface area contributed by atoms with Gasteiger partial charge in [0.1, 0.15) is 11.5 Å². The molecule has 35 heavy (non-hydrogen) atoms. The van der Waals surface area contributed by atoms with Crippen molar-refractivity contribution in [2.24, 2.45) is 0 Å². The van der Waals surface area contributed by atoms with E-state index in [4.69, 9.17) is 9.47 Å². The molecule has 5 nitrogen and oxygen atoms in total. The molecule has 178 valence electrons. The Morgan fingerprint density at radius 2 is 1.71 bits per heavy atom. The van der Waals surface area contributed by atoms with Crippen LogP contribution in [-0.2, 0) is 0 Å². The predicted molar refractivity (Wildman–Crippen MR) is 143 cm³/mol. The van der Waals surface area contributed by atoms with E-state index in [-0.39, 0.29) is 5.56 Å². The van der Waals surface area contributed by atoms with Gasteiger partial charge in [-0.1, -0.05) is 67.6 Å². The predicted octanol–water partition coefficient (Wildman–Crippen LogP) is 5.82. The van der Waals surface area contributed by atoms with Crippen LogP contribution < -0.4 is 19.6 Å². The first-order valence-electron chi connectivity index (χ1n) is 12.0. The van der Waals surface area contributed by atoms with Crippen LogP contribution in [0.1, 0.15) is 43.7 Å². The summed E-state index contributed by atoms with van der Waals surface area (Å²) in [4.78, 5) is 18.2. The third-order valence-electron chi connectivity index (χ3n) is 6.20. The maximum absolute atomic E-state index is 12.9. The van der Waals surface area contributed by atoms with Crippen molar-refractivity contribution < 1.29 is 9.47 Å². The molecule has 5 aromatic rings. The molecule has 2 heterocycles. The number of imidazole rings is 1. The van der Waals surface area contributed by atoms with Crippen LogP contribution in [0.2, 0.25) is 0 Å². The highest BCUT2D eigenvalue weighted by molar-refractivity contribution is 7.15. The molecular formula is C29H28N2O3S. The number of ether oxygens (including phenoxy) is 2. The molecule has 1 unspecified atom stereocenters. The Morgan fingerprint density at radius 3 is 2.54 bits per heavy atom. The molecule has 0 bridgehead atoms. The highest BCUT2D eigenvalue weighted by Gasteiger charge is 2.11. The van der Waals surface area contributed by atoms with E-state index in [2.05, 4.69) is 31.0 Å². The van der Waals surface area contributed by atoms with Crippen molar-refractivity contribution in [3.05, 3.63) is 98.8 Å². The van der Waals surface area contributed by atoms with Crippen molar-refractivity contribution in [2.75, 3.05) is 13.2 Å². The number of benzene rings is 3. The molecule has 0 fully saturated rings. The van der Waals surface area contributed by atoms with Gasteiger partial charge in [-0.25, -0.2) is 9.38 Å². The Balaban J connectivity index is 1.19. The van der Waals surface area contributed by atoms with Crippen LogP contribution in [0.15, 0.2) is 77.6 Å². The third-order valence-corrected chi connectivity index (χ3v) is 7.17. The fourth-order valence-electron chi connectivity index (χ4n) is 4.09. The van der Waals surface area contributed by atoms with Crippen molar-refractivity contribution >= 4 is 33.4 Å². The standard InChI is InChI=1S/C29H28N2O3S/c1-3-20(2)23-9-4-7-12-26(23)34-18-8-17-33-22-15-13-21(14-16-22)19-27-28(32)31-25-11-6-5-10-24(25)30-29(31)35-27/h4-7,9-16,19-20H,3,8,17-18H2,1-2H3. The van der Waals surface area contributed by atoms with E-state index < -0.39 is 0 Å². The lowest BCUT2D eigenvalue weighted by atomic mass is 9.98. The lowest BCUT2D eigenvalue weighted by Gasteiger charge is -2.15. The van der Waals surface area contributed by atoms with Crippen LogP contribution in [0.3, 0.4) is 0 Å². The molecule has 0 saturated carbocycles. The monoisotopic (exact) mass is 484 g/mol. The minimum atomic E-state index is -0.0334. The summed E-state index contributed by atoms with van der Waals surface area (Å²) in [6.07, 6.45) is 3.79. The summed E-state index contributed by atoms with van der Waals surface area (Å²) in [5, 5.41) is 0. The average Bonchev–Trinajstić information content (AvgIpc) is 3.40. The molecule has 0 N–H and O–H groups in total. The van der Waals surface area contributed by atoms with Crippen molar-refractivity contribution in [2.45, 2.75) is 32.6 Å². The highest BCUT2D eigenvalue weighted by atomic mass is 32.1. The Bertz CT molecular complexity index is 1550. The Hall–Kier alpha value is -3.64. The molecule has 2 aromatic heterocycles. The summed E-state index contributed by atoms with van der Waals surface area (Å²) in [7, 11) is 0. The second kappa shape index (κ2) is 10.3. The van der Waals surface area contributed by atoms with Crippen LogP contribution >= 0.6 is 11.3 Å². The fourth-order valence-corrected chi connectivity index (χ4v) is 5.08. The number of hydrogen-bond acceptors (Lipinski definition) is 5. The van der Waals surface area contributed by atoms with Crippen LogP contribution in [0.4, 0.5) is 0 Å². The lowest BCUT2D eigenvalue weighted by Crippen LogP contribution is -2.22. The minimum Gasteiger partial charge on any atom is -0.493 e. The maximum Gasteiger partial charge on any atom is 0.274 e. The quantitative estimate of drug-likeness (QED) is 0.248. The van der Waals surface area contributed by atoms with Gasteiger partial charge in [0.05, 0.1) is 28.8 Å². The van der Waals surface area contributed by atoms with Gasteiger partial charge in [-0.2, -0.15) is 0 Å². The molecule has 0 radical (unpaired) electrons. The van der Waals surface area contributed by atoms with Gasteiger partial charge in [0, 0.05) is 6.42 Å². The van der Waals surface area contributed by atoms with Gasteiger partial charge in [0.15, 0.2) is 4.96 Å². The zero-order valence-corrected chi connectivity index (χ0v) is 20.8. The Morgan fingerprint density at radius 1 is 0.971 bits per heavy atom. The molecule has 1 atom stereocenters. The third kappa shape index (κ3) is 4.93. The lowest BCUT2D eigenvalue weighted by molar-refractivity contribution is 0.245.